The van der Waals surface area contributed by atoms with E-state index in [0.717, 1.165) is 0 Å². The average Bonchev–Trinajstić information content (AvgIpc) is 2.43. The highest BCUT2D eigenvalue weighted by Crippen LogP contribution is 2.17. The average molecular weight is 415 g/mol. The van der Waals surface area contributed by atoms with Gasteiger partial charge in [0.1, 0.15) is 0 Å². The first kappa shape index (κ1) is 23.2. The van der Waals surface area contributed by atoms with Crippen LogP contribution in [-0.4, -0.2) is 36.0 Å². The van der Waals surface area contributed by atoms with Gasteiger partial charge in [0.2, 0.25) is 0 Å². The van der Waals surface area contributed by atoms with E-state index in [0.29, 0.717) is 0 Å². The zero-order valence-corrected chi connectivity index (χ0v) is 17.3. The van der Waals surface area contributed by atoms with Crippen LogP contribution in [0.1, 0.15) is 78.6 Å². The molecule has 0 aliphatic rings. The number of quaternary nitrogens is 1. The van der Waals surface area contributed by atoms with Crippen molar-refractivity contribution in [3.63, 3.8) is 0 Å². The topological polar surface area (TPSA) is 0 Å². The van der Waals surface area contributed by atoms with Gasteiger partial charge in [-0.05, 0) is 32.1 Å². The Morgan fingerprint density at radius 2 is 1.00 bits per heavy atom. The Hall–Kier alpha value is 0.920. The molecule has 0 aliphatic heterocycles. The largest absolute Gasteiger partial charge is 1.00 e. The summed E-state index contributed by atoms with van der Waals surface area (Å²) in [6.07, 6.45) is 12.5. The quantitative estimate of drug-likeness (QED) is 0.233. The fourth-order valence-electron chi connectivity index (χ4n) is 2.95. The molecule has 0 rings (SSSR count). The molecule has 0 aliphatic carbocycles. The number of hydrogen-bond acceptors (Lipinski definition) is 0. The van der Waals surface area contributed by atoms with E-state index in [1.54, 1.807) is 0 Å². The molecule has 0 amide bonds. The van der Waals surface area contributed by atoms with Gasteiger partial charge in [0.25, 0.3) is 0 Å². The molecule has 20 heavy (non-hydrogen) atoms. The van der Waals surface area contributed by atoms with Crippen LogP contribution in [0.25, 0.3) is 0 Å². The molecule has 0 unspecified atom stereocenters. The van der Waals surface area contributed by atoms with E-state index in [-0.39, 0.29) is 17.0 Å². The van der Waals surface area contributed by atoms with Crippen molar-refractivity contribution in [3.05, 3.63) is 0 Å². The molecular weight excluding hydrogens is 378 g/mol. The Labute approximate surface area is 147 Å². The molecule has 0 saturated carbocycles. The molecular formula is C17H37Br2N. The van der Waals surface area contributed by atoms with Crippen molar-refractivity contribution in [2.75, 3.05) is 31.5 Å². The van der Waals surface area contributed by atoms with Gasteiger partial charge in [0, 0.05) is 11.8 Å². The SMILES string of the molecule is CCCCC[N+](CCCC)(CCCBr)CCCCC.[Br-]. The lowest BCUT2D eigenvalue weighted by Crippen LogP contribution is -3.00. The summed E-state index contributed by atoms with van der Waals surface area (Å²) in [7, 11) is 0. The van der Waals surface area contributed by atoms with Crippen molar-refractivity contribution in [3.8, 4) is 0 Å². The van der Waals surface area contributed by atoms with Gasteiger partial charge in [-0.2, -0.15) is 0 Å². The molecule has 0 spiro atoms. The minimum absolute atomic E-state index is 0. The fraction of sp³-hybridized carbons (Fsp3) is 1.00. The maximum Gasteiger partial charge on any atom is 0.0794 e. The van der Waals surface area contributed by atoms with Crippen molar-refractivity contribution in [1.82, 2.24) is 0 Å². The highest BCUT2D eigenvalue weighted by atomic mass is 79.9. The van der Waals surface area contributed by atoms with Crippen LogP contribution in [0.4, 0.5) is 0 Å². The van der Waals surface area contributed by atoms with Gasteiger partial charge in [0.15, 0.2) is 0 Å². The first-order valence-electron chi connectivity index (χ1n) is 8.65. The lowest BCUT2D eigenvalue weighted by atomic mass is 10.1. The van der Waals surface area contributed by atoms with Gasteiger partial charge in [0.05, 0.1) is 26.2 Å². The number of hydrogen-bond donors (Lipinski definition) is 0. The summed E-state index contributed by atoms with van der Waals surface area (Å²) in [6.45, 7) is 12.6. The van der Waals surface area contributed by atoms with Gasteiger partial charge in [-0.3, -0.25) is 0 Å². The van der Waals surface area contributed by atoms with Gasteiger partial charge < -0.3 is 21.5 Å². The van der Waals surface area contributed by atoms with E-state index in [9.17, 15) is 0 Å². The van der Waals surface area contributed by atoms with Gasteiger partial charge in [-0.1, -0.05) is 56.0 Å². The van der Waals surface area contributed by atoms with Crippen LogP contribution < -0.4 is 17.0 Å². The molecule has 0 bridgehead atoms. The van der Waals surface area contributed by atoms with Crippen LogP contribution >= 0.6 is 15.9 Å². The smallest absolute Gasteiger partial charge is 0.0794 e. The van der Waals surface area contributed by atoms with Crippen LogP contribution in [0.2, 0.25) is 0 Å². The molecule has 0 aromatic rings. The molecule has 0 aromatic heterocycles. The highest BCUT2D eigenvalue weighted by molar-refractivity contribution is 9.09. The van der Waals surface area contributed by atoms with Gasteiger partial charge in [-0.25, -0.2) is 0 Å². The Morgan fingerprint density at radius 3 is 1.40 bits per heavy atom. The third-order valence-corrected chi connectivity index (χ3v) is 4.78. The van der Waals surface area contributed by atoms with Crippen molar-refractivity contribution >= 4 is 15.9 Å². The molecule has 0 saturated heterocycles. The summed E-state index contributed by atoms with van der Waals surface area (Å²) < 4.78 is 1.40. The fourth-order valence-corrected chi connectivity index (χ4v) is 3.20. The summed E-state index contributed by atoms with van der Waals surface area (Å²) >= 11 is 3.62. The Kier molecular flexibility index (Phi) is 18.9. The van der Waals surface area contributed by atoms with E-state index >= 15 is 0 Å². The van der Waals surface area contributed by atoms with E-state index < -0.39 is 0 Å². The molecule has 0 fully saturated rings. The van der Waals surface area contributed by atoms with Crippen LogP contribution in [0, 0.1) is 0 Å². The van der Waals surface area contributed by atoms with E-state index in [4.69, 9.17) is 0 Å². The zero-order valence-electron chi connectivity index (χ0n) is 14.1. The number of unbranched alkanes of at least 4 members (excludes halogenated alkanes) is 5. The number of alkyl halides is 1. The second-order valence-electron chi connectivity index (χ2n) is 6.05. The van der Waals surface area contributed by atoms with Crippen molar-refractivity contribution < 1.29 is 21.5 Å². The molecule has 0 heterocycles. The van der Waals surface area contributed by atoms with Gasteiger partial charge in [-0.15, -0.1) is 0 Å². The number of nitrogens with zero attached hydrogens (tertiary/aromatic N) is 1. The summed E-state index contributed by atoms with van der Waals surface area (Å²) in [6, 6.07) is 0. The number of rotatable bonds is 14. The first-order valence-corrected chi connectivity index (χ1v) is 9.77. The molecule has 0 aromatic carbocycles. The molecule has 1 nitrogen and oxygen atoms in total. The Bertz CT molecular complexity index is 166. The van der Waals surface area contributed by atoms with Crippen LogP contribution in [0.3, 0.4) is 0 Å². The molecule has 0 N–H and O–H groups in total. The number of halogens is 2. The van der Waals surface area contributed by atoms with Crippen LogP contribution in [0.15, 0.2) is 0 Å². The van der Waals surface area contributed by atoms with Gasteiger partial charge >= 0.3 is 0 Å². The standard InChI is InChI=1S/C17H37BrN.BrH/c1-4-7-10-15-19(14-9-6-3,17-12-13-18)16-11-8-5-2;/h4-17H2,1-3H3;1H/q+1;/p-1. The predicted octanol–water partition coefficient (Wildman–Crippen LogP) is 2.77. The second kappa shape index (κ2) is 16.3. The van der Waals surface area contributed by atoms with Crippen molar-refractivity contribution in [1.29, 1.82) is 0 Å². The molecule has 0 atom stereocenters. The summed E-state index contributed by atoms with van der Waals surface area (Å²) in [5.74, 6) is 0. The summed E-state index contributed by atoms with van der Waals surface area (Å²) in [4.78, 5) is 0. The molecule has 0 radical (unpaired) electrons. The second-order valence-corrected chi connectivity index (χ2v) is 6.84. The third-order valence-electron chi connectivity index (χ3n) is 4.22. The Morgan fingerprint density at radius 1 is 0.600 bits per heavy atom. The van der Waals surface area contributed by atoms with Crippen molar-refractivity contribution in [2.24, 2.45) is 0 Å². The lowest BCUT2D eigenvalue weighted by Gasteiger charge is -2.39. The Balaban J connectivity index is 0. The lowest BCUT2D eigenvalue weighted by molar-refractivity contribution is -0.928. The zero-order chi connectivity index (χ0) is 14.4. The highest BCUT2D eigenvalue weighted by Gasteiger charge is 2.25. The van der Waals surface area contributed by atoms with Crippen LogP contribution in [0.5, 0.6) is 0 Å². The van der Waals surface area contributed by atoms with Crippen LogP contribution in [-0.2, 0) is 0 Å². The van der Waals surface area contributed by atoms with E-state index in [1.165, 1.54) is 93.8 Å². The summed E-state index contributed by atoms with van der Waals surface area (Å²) in [5, 5.41) is 1.17. The van der Waals surface area contributed by atoms with Crippen molar-refractivity contribution in [2.45, 2.75) is 78.6 Å². The van der Waals surface area contributed by atoms with E-state index in [1.807, 2.05) is 0 Å². The predicted molar refractivity (Wildman–Crippen MR) is 92.1 cm³/mol. The maximum absolute atomic E-state index is 3.62. The minimum atomic E-state index is 0. The minimum Gasteiger partial charge on any atom is -1.00 e. The monoisotopic (exact) mass is 413 g/mol. The van der Waals surface area contributed by atoms with E-state index in [2.05, 4.69) is 36.7 Å². The molecule has 3 heteroatoms. The summed E-state index contributed by atoms with van der Waals surface area (Å²) in [5.41, 5.74) is 0. The maximum atomic E-state index is 3.62. The molecule has 124 valence electrons. The normalized spacial score (nSPS) is 11.4. The third kappa shape index (κ3) is 11.6. The first-order chi connectivity index (χ1) is 9.24.